The third-order valence-corrected chi connectivity index (χ3v) is 3.67. The highest BCUT2D eigenvalue weighted by Gasteiger charge is 2.17. The van der Waals surface area contributed by atoms with Crippen LogP contribution in [-0.2, 0) is 6.54 Å². The summed E-state index contributed by atoms with van der Waals surface area (Å²) in [6.07, 6.45) is 2.01. The normalized spacial score (nSPS) is 11.5. The molecule has 18 heavy (non-hydrogen) atoms. The maximum atomic E-state index is 13.4. The maximum Gasteiger partial charge on any atom is 0.142 e. The summed E-state index contributed by atoms with van der Waals surface area (Å²) in [5, 5.41) is 9.32. The first kappa shape index (κ1) is 15.4. The van der Waals surface area contributed by atoms with Gasteiger partial charge in [0.05, 0.1) is 11.6 Å². The molecule has 1 N–H and O–H groups in total. The first-order valence-corrected chi connectivity index (χ1v) is 6.79. The van der Waals surface area contributed by atoms with Crippen LogP contribution in [0.25, 0.3) is 0 Å². The van der Waals surface area contributed by atoms with Crippen LogP contribution in [0.15, 0.2) is 18.2 Å². The lowest BCUT2D eigenvalue weighted by molar-refractivity contribution is 0.136. The van der Waals surface area contributed by atoms with Gasteiger partial charge in [0.15, 0.2) is 0 Å². The van der Waals surface area contributed by atoms with Crippen molar-refractivity contribution in [3.8, 4) is 0 Å². The van der Waals surface area contributed by atoms with Gasteiger partial charge in [0.1, 0.15) is 5.82 Å². The molecular weight excluding hydrogens is 253 g/mol. The zero-order valence-electron chi connectivity index (χ0n) is 11.0. The molecule has 0 unspecified atom stereocenters. The van der Waals surface area contributed by atoms with Gasteiger partial charge in [0.25, 0.3) is 0 Å². The molecule has 0 saturated heterocycles. The number of halogens is 2. The van der Waals surface area contributed by atoms with Crippen molar-refractivity contribution in [3.63, 3.8) is 0 Å². The van der Waals surface area contributed by atoms with Gasteiger partial charge in [-0.25, -0.2) is 4.39 Å². The van der Waals surface area contributed by atoms with Crippen molar-refractivity contribution in [1.82, 2.24) is 4.90 Å². The number of benzene rings is 1. The minimum absolute atomic E-state index is 0.101. The molecule has 1 rings (SSSR count). The largest absolute Gasteiger partial charge is 0.395 e. The van der Waals surface area contributed by atoms with E-state index in [-0.39, 0.29) is 17.4 Å². The van der Waals surface area contributed by atoms with E-state index in [1.165, 1.54) is 6.07 Å². The monoisotopic (exact) mass is 273 g/mol. The molecule has 0 heterocycles. The molecular formula is C14H21ClFNO. The average Bonchev–Trinajstić information content (AvgIpc) is 2.36. The topological polar surface area (TPSA) is 23.5 Å². The van der Waals surface area contributed by atoms with Crippen LogP contribution in [0.3, 0.4) is 0 Å². The van der Waals surface area contributed by atoms with E-state index >= 15 is 0 Å². The maximum absolute atomic E-state index is 13.4. The molecule has 0 aliphatic carbocycles. The number of nitrogens with zero attached hydrogens (tertiary/aromatic N) is 1. The van der Waals surface area contributed by atoms with Crippen molar-refractivity contribution >= 4 is 11.6 Å². The number of rotatable bonds is 7. The number of aliphatic hydroxyl groups excluding tert-OH is 1. The SMILES string of the molecule is CCC(CC)N(CCO)Cc1cccc(F)c1Cl. The molecule has 0 amide bonds. The Hall–Kier alpha value is -0.640. The van der Waals surface area contributed by atoms with E-state index in [4.69, 9.17) is 16.7 Å². The summed E-state index contributed by atoms with van der Waals surface area (Å²) in [6, 6.07) is 5.24. The van der Waals surface area contributed by atoms with Crippen molar-refractivity contribution in [3.05, 3.63) is 34.6 Å². The van der Waals surface area contributed by atoms with Crippen LogP contribution in [0.5, 0.6) is 0 Å². The number of hydrogen-bond donors (Lipinski definition) is 1. The molecule has 1 aromatic rings. The number of hydrogen-bond acceptors (Lipinski definition) is 2. The molecule has 0 spiro atoms. The fraction of sp³-hybridized carbons (Fsp3) is 0.571. The average molecular weight is 274 g/mol. The molecule has 0 saturated carbocycles. The summed E-state index contributed by atoms with van der Waals surface area (Å²) in [6.45, 7) is 5.49. The Kier molecular flexibility index (Phi) is 6.61. The Morgan fingerprint density at radius 2 is 2.00 bits per heavy atom. The first-order chi connectivity index (χ1) is 8.63. The predicted molar refractivity (Wildman–Crippen MR) is 73.3 cm³/mol. The van der Waals surface area contributed by atoms with Crippen LogP contribution in [0.4, 0.5) is 4.39 Å². The predicted octanol–water partition coefficient (Wildman–Crippen LogP) is 3.46. The Morgan fingerprint density at radius 3 is 2.56 bits per heavy atom. The lowest BCUT2D eigenvalue weighted by Gasteiger charge is -2.30. The third kappa shape index (κ3) is 3.94. The first-order valence-electron chi connectivity index (χ1n) is 6.41. The van der Waals surface area contributed by atoms with Crippen LogP contribution in [-0.4, -0.2) is 29.2 Å². The minimum Gasteiger partial charge on any atom is -0.395 e. The van der Waals surface area contributed by atoms with Gasteiger partial charge < -0.3 is 5.11 Å². The van der Waals surface area contributed by atoms with E-state index in [0.717, 1.165) is 18.4 Å². The van der Waals surface area contributed by atoms with E-state index in [1.807, 2.05) is 6.07 Å². The molecule has 2 nitrogen and oxygen atoms in total. The van der Waals surface area contributed by atoms with E-state index in [0.29, 0.717) is 19.1 Å². The van der Waals surface area contributed by atoms with E-state index in [2.05, 4.69) is 18.7 Å². The second-order valence-corrected chi connectivity index (χ2v) is 4.76. The molecule has 0 aliphatic heterocycles. The second-order valence-electron chi connectivity index (χ2n) is 4.38. The van der Waals surface area contributed by atoms with Crippen LogP contribution < -0.4 is 0 Å². The van der Waals surface area contributed by atoms with Gasteiger partial charge in [-0.05, 0) is 24.5 Å². The van der Waals surface area contributed by atoms with Gasteiger partial charge in [-0.3, -0.25) is 4.90 Å². The van der Waals surface area contributed by atoms with E-state index < -0.39 is 0 Å². The van der Waals surface area contributed by atoms with Gasteiger partial charge in [-0.2, -0.15) is 0 Å². The minimum atomic E-state index is -0.386. The van der Waals surface area contributed by atoms with Gasteiger partial charge in [-0.15, -0.1) is 0 Å². The third-order valence-electron chi connectivity index (χ3n) is 3.25. The Balaban J connectivity index is 2.85. The zero-order chi connectivity index (χ0) is 13.5. The number of aliphatic hydroxyl groups is 1. The van der Waals surface area contributed by atoms with Crippen molar-refractivity contribution in [2.45, 2.75) is 39.3 Å². The lowest BCUT2D eigenvalue weighted by Crippen LogP contribution is -2.36. The summed E-state index contributed by atoms with van der Waals surface area (Å²) in [5.41, 5.74) is 0.775. The van der Waals surface area contributed by atoms with Crippen molar-refractivity contribution < 1.29 is 9.50 Å². The molecule has 0 atom stereocenters. The van der Waals surface area contributed by atoms with Gasteiger partial charge in [0, 0.05) is 19.1 Å². The van der Waals surface area contributed by atoms with Crippen LogP contribution in [0.1, 0.15) is 32.3 Å². The fourth-order valence-corrected chi connectivity index (χ4v) is 2.40. The Bertz CT molecular complexity index is 369. The molecule has 0 radical (unpaired) electrons. The van der Waals surface area contributed by atoms with Crippen molar-refractivity contribution in [2.75, 3.05) is 13.2 Å². The lowest BCUT2D eigenvalue weighted by atomic mass is 10.1. The van der Waals surface area contributed by atoms with Crippen molar-refractivity contribution in [1.29, 1.82) is 0 Å². The summed E-state index contributed by atoms with van der Waals surface area (Å²) >= 11 is 5.96. The van der Waals surface area contributed by atoms with E-state index in [9.17, 15) is 4.39 Å². The molecule has 4 heteroatoms. The van der Waals surface area contributed by atoms with Crippen LogP contribution in [0.2, 0.25) is 5.02 Å². The van der Waals surface area contributed by atoms with Gasteiger partial charge in [-0.1, -0.05) is 37.6 Å². The van der Waals surface area contributed by atoms with Gasteiger partial charge in [0.2, 0.25) is 0 Å². The molecule has 1 aromatic carbocycles. The van der Waals surface area contributed by atoms with E-state index in [1.54, 1.807) is 6.07 Å². The fourth-order valence-electron chi connectivity index (χ4n) is 2.21. The van der Waals surface area contributed by atoms with Crippen molar-refractivity contribution in [2.24, 2.45) is 0 Å². The quantitative estimate of drug-likeness (QED) is 0.822. The molecule has 0 aromatic heterocycles. The summed E-state index contributed by atoms with van der Waals surface area (Å²) < 4.78 is 13.4. The molecule has 0 aliphatic rings. The molecule has 0 fully saturated rings. The second kappa shape index (κ2) is 7.72. The summed E-state index contributed by atoms with van der Waals surface area (Å²) in [5.74, 6) is -0.386. The molecule has 102 valence electrons. The standard InChI is InChI=1S/C14H21ClFNO/c1-3-12(4-2)17(8-9-18)10-11-6-5-7-13(16)14(11)15/h5-7,12,18H,3-4,8-10H2,1-2H3. The highest BCUT2D eigenvalue weighted by molar-refractivity contribution is 6.31. The Labute approximate surface area is 113 Å². The van der Waals surface area contributed by atoms with Crippen LogP contribution >= 0.6 is 11.6 Å². The Morgan fingerprint density at radius 1 is 1.33 bits per heavy atom. The van der Waals surface area contributed by atoms with Crippen LogP contribution in [0, 0.1) is 5.82 Å². The summed E-state index contributed by atoms with van der Waals surface area (Å²) in [7, 11) is 0. The summed E-state index contributed by atoms with van der Waals surface area (Å²) in [4.78, 5) is 2.15. The molecule has 0 bridgehead atoms. The highest BCUT2D eigenvalue weighted by Crippen LogP contribution is 2.22. The smallest absolute Gasteiger partial charge is 0.142 e. The zero-order valence-corrected chi connectivity index (χ0v) is 11.8. The highest BCUT2D eigenvalue weighted by atomic mass is 35.5. The van der Waals surface area contributed by atoms with Gasteiger partial charge >= 0.3 is 0 Å².